The summed E-state index contributed by atoms with van der Waals surface area (Å²) >= 11 is 0. The molecule has 138 valence electrons. The number of hydrogen-bond donors (Lipinski definition) is 2. The van der Waals surface area contributed by atoms with Crippen molar-refractivity contribution in [3.05, 3.63) is 35.9 Å². The van der Waals surface area contributed by atoms with Crippen LogP contribution in [-0.4, -0.2) is 42.4 Å². The van der Waals surface area contributed by atoms with E-state index >= 15 is 0 Å². The lowest BCUT2D eigenvalue weighted by Crippen LogP contribution is -2.46. The Balaban J connectivity index is 1.67. The highest BCUT2D eigenvalue weighted by molar-refractivity contribution is 5.79. The van der Waals surface area contributed by atoms with Crippen LogP contribution in [0.25, 0.3) is 0 Å². The molecular weight excluding hydrogens is 314 g/mol. The predicted octanol–water partition coefficient (Wildman–Crippen LogP) is 2.18. The minimum absolute atomic E-state index is 0.0418. The Morgan fingerprint density at radius 1 is 1.12 bits per heavy atom. The summed E-state index contributed by atoms with van der Waals surface area (Å²) in [6.45, 7) is 8.84. The van der Waals surface area contributed by atoms with Crippen molar-refractivity contribution < 1.29 is 9.59 Å². The number of carbonyl (C=O) groups is 2. The van der Waals surface area contributed by atoms with E-state index in [1.54, 1.807) is 0 Å². The Hall–Kier alpha value is -1.88. The Labute approximate surface area is 151 Å². The molecule has 0 spiro atoms. The van der Waals surface area contributed by atoms with Gasteiger partial charge >= 0.3 is 0 Å². The molecule has 0 aromatic heterocycles. The van der Waals surface area contributed by atoms with Gasteiger partial charge in [0.1, 0.15) is 0 Å². The minimum atomic E-state index is 0.0418. The molecule has 1 aromatic rings. The molecule has 1 unspecified atom stereocenters. The van der Waals surface area contributed by atoms with Crippen molar-refractivity contribution in [1.29, 1.82) is 0 Å². The number of hydrogen-bond acceptors (Lipinski definition) is 3. The monoisotopic (exact) mass is 345 g/mol. The lowest BCUT2D eigenvalue weighted by Gasteiger charge is -2.31. The highest BCUT2D eigenvalue weighted by atomic mass is 16.2. The molecule has 2 rings (SSSR count). The topological polar surface area (TPSA) is 61.4 Å². The van der Waals surface area contributed by atoms with Crippen LogP contribution in [0.2, 0.25) is 0 Å². The van der Waals surface area contributed by atoms with Crippen LogP contribution in [0.4, 0.5) is 0 Å². The average molecular weight is 345 g/mol. The van der Waals surface area contributed by atoms with Crippen molar-refractivity contribution in [2.75, 3.05) is 19.6 Å². The van der Waals surface area contributed by atoms with Crippen LogP contribution in [0, 0.1) is 11.8 Å². The van der Waals surface area contributed by atoms with E-state index in [1.165, 1.54) is 0 Å². The summed E-state index contributed by atoms with van der Waals surface area (Å²) in [6, 6.07) is 10.1. The van der Waals surface area contributed by atoms with Gasteiger partial charge in [0.2, 0.25) is 11.8 Å². The predicted molar refractivity (Wildman–Crippen MR) is 99.9 cm³/mol. The fourth-order valence-corrected chi connectivity index (χ4v) is 2.92. The molecule has 0 saturated carbocycles. The normalized spacial score (nSPS) is 17.3. The number of carbonyl (C=O) groups excluding carboxylic acids is 2. The largest absolute Gasteiger partial charge is 0.353 e. The summed E-state index contributed by atoms with van der Waals surface area (Å²) in [5.41, 5.74) is 1.10. The van der Waals surface area contributed by atoms with Crippen molar-refractivity contribution >= 4 is 11.8 Å². The van der Waals surface area contributed by atoms with Gasteiger partial charge in [-0.05, 0) is 44.3 Å². The Morgan fingerprint density at radius 3 is 2.36 bits per heavy atom. The van der Waals surface area contributed by atoms with Crippen molar-refractivity contribution in [2.24, 2.45) is 11.8 Å². The number of rotatable bonds is 7. The molecule has 1 fully saturated rings. The molecule has 1 saturated heterocycles. The van der Waals surface area contributed by atoms with E-state index in [-0.39, 0.29) is 23.8 Å². The van der Waals surface area contributed by atoms with E-state index in [0.717, 1.165) is 31.5 Å². The Kier molecular flexibility index (Phi) is 7.44. The Bertz CT molecular complexity index is 551. The maximum absolute atomic E-state index is 12.3. The molecule has 2 amide bonds. The Morgan fingerprint density at radius 2 is 1.76 bits per heavy atom. The number of nitrogens with one attached hydrogen (secondary N) is 2. The number of benzene rings is 1. The molecule has 1 aliphatic heterocycles. The van der Waals surface area contributed by atoms with E-state index in [2.05, 4.69) is 36.3 Å². The molecule has 1 atom stereocenters. The van der Waals surface area contributed by atoms with Crippen LogP contribution in [0.1, 0.15) is 39.2 Å². The minimum Gasteiger partial charge on any atom is -0.353 e. The standard InChI is InChI=1S/C20H31N3O2/c1-15(2)16(3)22-20(25)18-9-11-23(12-10-18)14-19(24)21-13-17-7-5-4-6-8-17/h4-8,15-16,18H,9-14H2,1-3H3,(H,21,24)(H,22,25). The van der Waals surface area contributed by atoms with Gasteiger partial charge in [-0.2, -0.15) is 0 Å². The fourth-order valence-electron chi connectivity index (χ4n) is 2.92. The lowest BCUT2D eigenvalue weighted by molar-refractivity contribution is -0.127. The van der Waals surface area contributed by atoms with Gasteiger partial charge in [-0.25, -0.2) is 0 Å². The summed E-state index contributed by atoms with van der Waals surface area (Å²) in [6.07, 6.45) is 1.64. The molecule has 1 heterocycles. The zero-order valence-corrected chi connectivity index (χ0v) is 15.6. The first-order chi connectivity index (χ1) is 12.0. The second kappa shape index (κ2) is 9.56. The van der Waals surface area contributed by atoms with Crippen molar-refractivity contribution in [3.8, 4) is 0 Å². The fraction of sp³-hybridized carbons (Fsp3) is 0.600. The summed E-state index contributed by atoms with van der Waals surface area (Å²) in [7, 11) is 0. The summed E-state index contributed by atoms with van der Waals surface area (Å²) in [4.78, 5) is 26.5. The van der Waals surface area contributed by atoms with Crippen LogP contribution in [-0.2, 0) is 16.1 Å². The number of likely N-dealkylation sites (tertiary alicyclic amines) is 1. The van der Waals surface area contributed by atoms with E-state index in [0.29, 0.717) is 19.0 Å². The average Bonchev–Trinajstić information content (AvgIpc) is 2.61. The van der Waals surface area contributed by atoms with Crippen molar-refractivity contribution in [1.82, 2.24) is 15.5 Å². The van der Waals surface area contributed by atoms with Crippen molar-refractivity contribution in [2.45, 2.75) is 46.2 Å². The molecule has 2 N–H and O–H groups in total. The van der Waals surface area contributed by atoms with Crippen molar-refractivity contribution in [3.63, 3.8) is 0 Å². The third-order valence-electron chi connectivity index (χ3n) is 5.03. The number of piperidine rings is 1. The molecular formula is C20H31N3O2. The van der Waals surface area contributed by atoms with E-state index in [9.17, 15) is 9.59 Å². The van der Waals surface area contributed by atoms with Gasteiger partial charge in [0.25, 0.3) is 0 Å². The van der Waals surface area contributed by atoms with Gasteiger partial charge in [0.15, 0.2) is 0 Å². The molecule has 25 heavy (non-hydrogen) atoms. The summed E-state index contributed by atoms with van der Waals surface area (Å²) in [5, 5.41) is 6.07. The van der Waals surface area contributed by atoms with Gasteiger partial charge in [-0.3, -0.25) is 14.5 Å². The molecule has 5 nitrogen and oxygen atoms in total. The van der Waals surface area contributed by atoms with Gasteiger partial charge < -0.3 is 10.6 Å². The van der Waals surface area contributed by atoms with Crippen LogP contribution < -0.4 is 10.6 Å². The van der Waals surface area contributed by atoms with Gasteiger partial charge in [-0.15, -0.1) is 0 Å². The third kappa shape index (κ3) is 6.50. The molecule has 5 heteroatoms. The maximum atomic E-state index is 12.3. The maximum Gasteiger partial charge on any atom is 0.234 e. The first-order valence-corrected chi connectivity index (χ1v) is 9.29. The SMILES string of the molecule is CC(C)C(C)NC(=O)C1CCN(CC(=O)NCc2ccccc2)CC1. The highest BCUT2D eigenvalue weighted by Gasteiger charge is 2.26. The van der Waals surface area contributed by atoms with E-state index in [1.807, 2.05) is 30.3 Å². The highest BCUT2D eigenvalue weighted by Crippen LogP contribution is 2.17. The second-order valence-electron chi connectivity index (χ2n) is 7.35. The van der Waals surface area contributed by atoms with Crippen LogP contribution in [0.5, 0.6) is 0 Å². The second-order valence-corrected chi connectivity index (χ2v) is 7.35. The first-order valence-electron chi connectivity index (χ1n) is 9.29. The molecule has 1 aromatic carbocycles. The zero-order chi connectivity index (χ0) is 18.2. The first kappa shape index (κ1) is 19.4. The van der Waals surface area contributed by atoms with Crippen LogP contribution in [0.3, 0.4) is 0 Å². The van der Waals surface area contributed by atoms with Crippen LogP contribution in [0.15, 0.2) is 30.3 Å². The van der Waals surface area contributed by atoms with E-state index < -0.39 is 0 Å². The summed E-state index contributed by atoms with van der Waals surface area (Å²) < 4.78 is 0. The number of nitrogens with zero attached hydrogens (tertiary/aromatic N) is 1. The van der Waals surface area contributed by atoms with Gasteiger partial charge in [0.05, 0.1) is 6.54 Å². The molecule has 0 radical (unpaired) electrons. The van der Waals surface area contributed by atoms with E-state index in [4.69, 9.17) is 0 Å². The van der Waals surface area contributed by atoms with Gasteiger partial charge in [-0.1, -0.05) is 44.2 Å². The quantitative estimate of drug-likeness (QED) is 0.796. The van der Waals surface area contributed by atoms with Crippen LogP contribution >= 0.6 is 0 Å². The molecule has 0 aliphatic carbocycles. The third-order valence-corrected chi connectivity index (χ3v) is 5.03. The number of amides is 2. The zero-order valence-electron chi connectivity index (χ0n) is 15.6. The lowest BCUT2D eigenvalue weighted by atomic mass is 9.95. The summed E-state index contributed by atoms with van der Waals surface area (Å²) in [5.74, 6) is 0.719. The smallest absolute Gasteiger partial charge is 0.234 e. The van der Waals surface area contributed by atoms with Gasteiger partial charge in [0, 0.05) is 18.5 Å². The molecule has 1 aliphatic rings. The molecule has 0 bridgehead atoms.